The number of hydrogen-bond acceptors (Lipinski definition) is 3. The summed E-state index contributed by atoms with van der Waals surface area (Å²) in [4.78, 5) is 0. The lowest BCUT2D eigenvalue weighted by molar-refractivity contribution is 0.0324. The number of ether oxygens (including phenoxy) is 1. The Morgan fingerprint density at radius 3 is 1.54 bits per heavy atom. The zero-order valence-electron chi connectivity index (χ0n) is 20.5. The summed E-state index contributed by atoms with van der Waals surface area (Å²) in [6.45, 7) is 0.799. The first kappa shape index (κ1) is 23.7. The highest BCUT2D eigenvalue weighted by Gasteiger charge is 2.59. The van der Waals surface area contributed by atoms with Crippen molar-refractivity contribution in [2.45, 2.75) is 86.5 Å². The molecular formula is C28H38ClNO3S2. The van der Waals surface area contributed by atoms with Crippen LogP contribution in [0.3, 0.4) is 0 Å². The van der Waals surface area contributed by atoms with Crippen molar-refractivity contribution in [3.8, 4) is 5.75 Å². The first-order valence-corrected chi connectivity index (χ1v) is 16.5. The summed E-state index contributed by atoms with van der Waals surface area (Å²) < 4.78 is 36.9. The standard InChI is InChI=1S/C28H38ClNO3S2/c29-25-3-1-2-4-26(25)33-6-5-30(34(31)27-13-19-7-20(14-27)9-21(8-19)15-27)35(32)28-16-22-10-23(17-28)12-24(11-22)18-28/h1-4,19-24H,5-18H2/t19?,20?,21?,22?,23?,24?,27?,28?,34-,35-/m0/s1. The predicted molar refractivity (Wildman–Crippen MR) is 142 cm³/mol. The van der Waals surface area contributed by atoms with E-state index in [1.807, 2.05) is 28.0 Å². The lowest BCUT2D eigenvalue weighted by Gasteiger charge is -2.58. The highest BCUT2D eigenvalue weighted by Crippen LogP contribution is 2.61. The summed E-state index contributed by atoms with van der Waals surface area (Å²) >= 11 is 6.33. The SMILES string of the molecule is O=[S@](N(CCOc1ccccc1Cl)[S@@](=O)C12CC3CC(CC(C3)C1)C2)C12CC3CC(CC(C3)C1)C2. The van der Waals surface area contributed by atoms with Crippen molar-refractivity contribution in [1.29, 1.82) is 0 Å². The van der Waals surface area contributed by atoms with Gasteiger partial charge >= 0.3 is 0 Å². The number of benzene rings is 1. The van der Waals surface area contributed by atoms with Gasteiger partial charge in [-0.25, -0.2) is 8.42 Å². The molecule has 0 aromatic heterocycles. The second-order valence-electron chi connectivity index (χ2n) is 13.0. The Hall–Kier alpha value is -0.430. The molecule has 8 aliphatic rings. The van der Waals surface area contributed by atoms with Crippen molar-refractivity contribution < 1.29 is 13.2 Å². The van der Waals surface area contributed by atoms with Crippen LogP contribution in [0.5, 0.6) is 5.75 Å². The molecule has 0 aliphatic heterocycles. The van der Waals surface area contributed by atoms with Gasteiger partial charge in [0, 0.05) is 0 Å². The van der Waals surface area contributed by atoms with Crippen LogP contribution in [0, 0.1) is 35.5 Å². The van der Waals surface area contributed by atoms with Gasteiger partial charge < -0.3 is 4.74 Å². The van der Waals surface area contributed by atoms with E-state index in [2.05, 4.69) is 0 Å². The van der Waals surface area contributed by atoms with Gasteiger partial charge in [-0.15, -0.1) is 3.71 Å². The van der Waals surface area contributed by atoms with Crippen molar-refractivity contribution in [3.05, 3.63) is 29.3 Å². The summed E-state index contributed by atoms with van der Waals surface area (Å²) in [5.74, 6) is 4.98. The molecule has 0 N–H and O–H groups in total. The third-order valence-electron chi connectivity index (χ3n) is 10.4. The molecule has 0 amide bonds. The van der Waals surface area contributed by atoms with Gasteiger partial charge in [-0.2, -0.15) is 0 Å². The Morgan fingerprint density at radius 2 is 1.14 bits per heavy atom. The quantitative estimate of drug-likeness (QED) is 0.393. The van der Waals surface area contributed by atoms with E-state index in [4.69, 9.17) is 16.3 Å². The van der Waals surface area contributed by atoms with Crippen LogP contribution in [0.25, 0.3) is 0 Å². The van der Waals surface area contributed by atoms with E-state index in [0.29, 0.717) is 23.9 Å². The number of nitrogens with zero attached hydrogens (tertiary/aromatic N) is 1. The first-order valence-electron chi connectivity index (χ1n) is 13.9. The minimum Gasteiger partial charge on any atom is -0.491 e. The highest BCUT2D eigenvalue weighted by atomic mass is 35.5. The Kier molecular flexibility index (Phi) is 5.96. The van der Waals surface area contributed by atoms with E-state index < -0.39 is 22.0 Å². The average Bonchev–Trinajstić information content (AvgIpc) is 2.80. The van der Waals surface area contributed by atoms with Crippen LogP contribution in [0.1, 0.15) is 77.0 Å². The predicted octanol–water partition coefficient (Wildman–Crippen LogP) is 6.29. The summed E-state index contributed by atoms with van der Waals surface area (Å²) in [6.07, 6.45) is 14.3. The van der Waals surface area contributed by atoms with Crippen molar-refractivity contribution in [3.63, 3.8) is 0 Å². The lowest BCUT2D eigenvalue weighted by Crippen LogP contribution is -2.60. The number of rotatable bonds is 8. The second kappa shape index (κ2) is 8.81. The first-order chi connectivity index (χ1) is 16.9. The Bertz CT molecular complexity index is 918. The maximum Gasteiger partial charge on any atom is 0.137 e. The molecule has 0 unspecified atom stereocenters. The molecule has 0 heterocycles. The summed E-state index contributed by atoms with van der Waals surface area (Å²) in [5, 5.41) is 0.587. The monoisotopic (exact) mass is 535 g/mol. The molecule has 0 radical (unpaired) electrons. The summed E-state index contributed by atoms with van der Waals surface area (Å²) in [7, 11) is -2.50. The van der Waals surface area contributed by atoms with Gasteiger partial charge in [-0.1, -0.05) is 23.7 Å². The normalized spacial score (nSPS) is 44.6. The molecule has 8 saturated carbocycles. The van der Waals surface area contributed by atoms with Crippen LogP contribution in [0.15, 0.2) is 24.3 Å². The third-order valence-corrected chi connectivity index (χ3v) is 15.2. The lowest BCUT2D eigenvalue weighted by atomic mass is 9.56. The van der Waals surface area contributed by atoms with Gasteiger partial charge in [0.05, 0.1) is 21.1 Å². The molecule has 9 rings (SSSR count). The molecule has 7 heteroatoms. The van der Waals surface area contributed by atoms with Gasteiger partial charge in [-0.05, 0) is 125 Å². The van der Waals surface area contributed by atoms with Crippen LogP contribution in [0.4, 0.5) is 0 Å². The molecule has 2 atom stereocenters. The van der Waals surface area contributed by atoms with Gasteiger partial charge in [0.15, 0.2) is 0 Å². The van der Waals surface area contributed by atoms with E-state index in [9.17, 15) is 8.42 Å². The molecule has 4 nitrogen and oxygen atoms in total. The maximum absolute atomic E-state index is 14.6. The molecule has 8 aliphatic carbocycles. The molecule has 1 aromatic rings. The van der Waals surface area contributed by atoms with E-state index in [-0.39, 0.29) is 9.49 Å². The summed E-state index contributed by atoms with van der Waals surface area (Å²) in [5.41, 5.74) is 0. The van der Waals surface area contributed by atoms with Crippen LogP contribution < -0.4 is 4.74 Å². The smallest absolute Gasteiger partial charge is 0.137 e. The van der Waals surface area contributed by atoms with Crippen molar-refractivity contribution in [1.82, 2.24) is 3.71 Å². The van der Waals surface area contributed by atoms with Crippen molar-refractivity contribution >= 4 is 33.6 Å². The molecule has 35 heavy (non-hydrogen) atoms. The Balaban J connectivity index is 1.17. The molecule has 1 aromatic carbocycles. The second-order valence-corrected chi connectivity index (χ2v) is 17.3. The van der Waals surface area contributed by atoms with Gasteiger partial charge in [-0.3, -0.25) is 0 Å². The maximum atomic E-state index is 14.6. The van der Waals surface area contributed by atoms with Crippen LogP contribution in [-0.2, 0) is 22.0 Å². The van der Waals surface area contributed by atoms with E-state index in [0.717, 1.165) is 74.0 Å². The van der Waals surface area contributed by atoms with Gasteiger partial charge in [0.25, 0.3) is 0 Å². The number of para-hydroxylation sites is 1. The van der Waals surface area contributed by atoms with E-state index >= 15 is 0 Å². The van der Waals surface area contributed by atoms with Crippen molar-refractivity contribution in [2.24, 2.45) is 35.5 Å². The Morgan fingerprint density at radius 1 is 0.743 bits per heavy atom. The fourth-order valence-electron chi connectivity index (χ4n) is 9.94. The molecule has 192 valence electrons. The summed E-state index contributed by atoms with van der Waals surface area (Å²) in [6, 6.07) is 7.51. The van der Waals surface area contributed by atoms with Crippen molar-refractivity contribution in [2.75, 3.05) is 13.2 Å². The topological polar surface area (TPSA) is 46.6 Å². The fraction of sp³-hybridized carbons (Fsp3) is 0.786. The fourth-order valence-corrected chi connectivity index (χ4v) is 15.2. The van der Waals surface area contributed by atoms with E-state index in [1.165, 1.54) is 38.5 Å². The Labute approximate surface area is 220 Å². The number of halogens is 1. The minimum atomic E-state index is -1.25. The van der Waals surface area contributed by atoms with E-state index in [1.54, 1.807) is 0 Å². The molecule has 0 saturated heterocycles. The molecule has 8 fully saturated rings. The van der Waals surface area contributed by atoms with Gasteiger partial charge in [0.2, 0.25) is 0 Å². The number of hydrogen-bond donors (Lipinski definition) is 0. The molecule has 8 bridgehead atoms. The molecular weight excluding hydrogens is 498 g/mol. The molecule has 0 spiro atoms. The minimum absolute atomic E-state index is 0.170. The third kappa shape index (κ3) is 4.08. The van der Waals surface area contributed by atoms with Crippen LogP contribution in [-0.4, -0.2) is 34.8 Å². The largest absolute Gasteiger partial charge is 0.491 e. The average molecular weight is 536 g/mol. The van der Waals surface area contributed by atoms with Gasteiger partial charge in [0.1, 0.15) is 34.3 Å². The zero-order chi connectivity index (χ0) is 23.8. The zero-order valence-corrected chi connectivity index (χ0v) is 22.9. The van der Waals surface area contributed by atoms with Crippen LogP contribution in [0.2, 0.25) is 5.02 Å². The van der Waals surface area contributed by atoms with Crippen LogP contribution >= 0.6 is 11.6 Å². The highest BCUT2D eigenvalue weighted by molar-refractivity contribution is 7.99.